The molecule has 0 bridgehead atoms. The Kier molecular flexibility index (Phi) is 5.01. The van der Waals surface area contributed by atoms with Gasteiger partial charge in [0.2, 0.25) is 0 Å². The fraction of sp³-hybridized carbons (Fsp3) is 0.143. The van der Waals surface area contributed by atoms with Gasteiger partial charge in [0, 0.05) is 0 Å². The summed E-state index contributed by atoms with van der Waals surface area (Å²) in [5, 5.41) is 1.73. The summed E-state index contributed by atoms with van der Waals surface area (Å²) < 4.78 is 1.56. The summed E-state index contributed by atoms with van der Waals surface area (Å²) in [5.41, 5.74) is 2.89. The van der Waals surface area contributed by atoms with E-state index in [0.29, 0.717) is 15.0 Å². The van der Waals surface area contributed by atoms with Crippen LogP contribution in [0, 0.1) is 0 Å². The second-order valence-corrected chi connectivity index (χ2v) is 17.5. The number of benzene rings is 2. The molecule has 1 fully saturated rings. The molecule has 0 N–H and O–H groups in total. The molecule has 2 unspecified atom stereocenters. The number of rotatable bonds is 2. The van der Waals surface area contributed by atoms with Gasteiger partial charge in [-0.15, -0.1) is 0 Å². The molecule has 2 aromatic rings. The summed E-state index contributed by atoms with van der Waals surface area (Å²) in [5.74, 6) is 0. The zero-order valence-electron chi connectivity index (χ0n) is 9.75. The second kappa shape index (κ2) is 6.56. The molecule has 0 aliphatic carbocycles. The van der Waals surface area contributed by atoms with Crippen LogP contribution in [-0.4, -0.2) is 41.2 Å². The first kappa shape index (κ1) is 14.5. The predicted molar refractivity (Wildman–Crippen MR) is 85.6 cm³/mol. The van der Waals surface area contributed by atoms with Gasteiger partial charge in [-0.25, -0.2) is 0 Å². The van der Waals surface area contributed by atoms with Crippen LogP contribution in [0.4, 0.5) is 0 Å². The number of halogens is 2. The van der Waals surface area contributed by atoms with E-state index in [0.717, 1.165) is 43.7 Å². The van der Waals surface area contributed by atoms with Crippen molar-refractivity contribution in [1.82, 2.24) is 0 Å². The van der Waals surface area contributed by atoms with Gasteiger partial charge in [-0.2, -0.15) is 0 Å². The number of hydrogen-bond donors (Lipinski definition) is 0. The zero-order chi connectivity index (χ0) is 13.2. The van der Waals surface area contributed by atoms with Crippen molar-refractivity contribution in [2.24, 2.45) is 0 Å². The van der Waals surface area contributed by atoms with E-state index in [1.807, 2.05) is 12.1 Å². The maximum absolute atomic E-state index is 6.10. The van der Waals surface area contributed by atoms with Crippen LogP contribution in [0.25, 0.3) is 0 Å². The molecule has 0 radical (unpaired) electrons. The van der Waals surface area contributed by atoms with Crippen molar-refractivity contribution < 1.29 is 0 Å². The van der Waals surface area contributed by atoms with Crippen LogP contribution in [0.2, 0.25) is 10.0 Å². The van der Waals surface area contributed by atoms with E-state index >= 15 is 0 Å². The van der Waals surface area contributed by atoms with E-state index in [4.69, 9.17) is 23.2 Å². The quantitative estimate of drug-likeness (QED) is 0.569. The van der Waals surface area contributed by atoms with Gasteiger partial charge in [-0.05, 0) is 0 Å². The molecule has 2 aromatic carbocycles. The van der Waals surface area contributed by atoms with E-state index < -0.39 is 0 Å². The standard InChI is InChI=1S/C14H10Cl2Se3/c15-11-5-1-3-9(7-11)13-17-14(19-18-13)10-4-2-6-12(16)8-10/h1-8,13-14H. The van der Waals surface area contributed by atoms with E-state index in [2.05, 4.69) is 36.4 Å². The van der Waals surface area contributed by atoms with Crippen molar-refractivity contribution in [1.29, 1.82) is 0 Å². The molecule has 1 aliphatic rings. The Labute approximate surface area is 140 Å². The molecule has 0 spiro atoms. The fourth-order valence-corrected chi connectivity index (χ4v) is 25.8. The first-order chi connectivity index (χ1) is 9.22. The SMILES string of the molecule is Clc1cccc(C2[Se][Se]C(c3cccc(Cl)c3)[Se]2)c1. The van der Waals surface area contributed by atoms with E-state index in [9.17, 15) is 0 Å². The average molecular weight is 486 g/mol. The van der Waals surface area contributed by atoms with Crippen molar-refractivity contribution >= 4 is 64.4 Å². The second-order valence-electron chi connectivity index (χ2n) is 4.10. The molecule has 0 aromatic heterocycles. The molecule has 0 saturated carbocycles. The first-order valence-electron chi connectivity index (χ1n) is 5.71. The molecule has 5 heteroatoms. The van der Waals surface area contributed by atoms with Crippen molar-refractivity contribution in [3.8, 4) is 0 Å². The Balaban J connectivity index is 1.77. The summed E-state index contributed by atoms with van der Waals surface area (Å²) in [6, 6.07) is 16.8. The monoisotopic (exact) mass is 488 g/mol. The molecule has 3 rings (SSSR count). The van der Waals surface area contributed by atoms with Gasteiger partial charge < -0.3 is 0 Å². The third kappa shape index (κ3) is 3.62. The Morgan fingerprint density at radius 1 is 0.737 bits per heavy atom. The van der Waals surface area contributed by atoms with Crippen molar-refractivity contribution in [3.05, 3.63) is 69.7 Å². The molecule has 19 heavy (non-hydrogen) atoms. The molecule has 2 atom stereocenters. The van der Waals surface area contributed by atoms with Crippen LogP contribution in [0.5, 0.6) is 0 Å². The summed E-state index contributed by atoms with van der Waals surface area (Å²) in [7, 11) is 0. The van der Waals surface area contributed by atoms with Crippen LogP contribution in [0.15, 0.2) is 48.5 Å². The van der Waals surface area contributed by atoms with Gasteiger partial charge in [0.15, 0.2) is 0 Å². The Bertz CT molecular complexity index is 537. The van der Waals surface area contributed by atoms with Crippen molar-refractivity contribution in [2.45, 2.75) is 7.43 Å². The summed E-state index contributed by atoms with van der Waals surface area (Å²) in [6.07, 6.45) is 0. The summed E-state index contributed by atoms with van der Waals surface area (Å²) in [4.78, 5) is 0. The van der Waals surface area contributed by atoms with Gasteiger partial charge in [0.25, 0.3) is 0 Å². The summed E-state index contributed by atoms with van der Waals surface area (Å²) in [6.45, 7) is 0. The van der Waals surface area contributed by atoms with Crippen LogP contribution in [-0.2, 0) is 0 Å². The Morgan fingerprint density at radius 3 is 1.63 bits per heavy atom. The van der Waals surface area contributed by atoms with Gasteiger partial charge in [-0.1, -0.05) is 0 Å². The maximum atomic E-state index is 6.10. The molecular formula is C14H10Cl2Se3. The van der Waals surface area contributed by atoms with E-state index in [-0.39, 0.29) is 0 Å². The minimum absolute atomic E-state index is 0.634. The Hall–Kier alpha value is 0.578. The number of hydrogen-bond acceptors (Lipinski definition) is 0. The fourth-order valence-electron chi connectivity index (χ4n) is 1.83. The van der Waals surface area contributed by atoms with Crippen LogP contribution >= 0.6 is 23.2 Å². The molecule has 0 nitrogen and oxygen atoms in total. The molecule has 98 valence electrons. The predicted octanol–water partition coefficient (Wildman–Crippen LogP) is 3.73. The zero-order valence-corrected chi connectivity index (χ0v) is 16.4. The van der Waals surface area contributed by atoms with Crippen LogP contribution in [0.3, 0.4) is 0 Å². The molecule has 1 heterocycles. The Morgan fingerprint density at radius 2 is 1.21 bits per heavy atom. The third-order valence-corrected chi connectivity index (χ3v) is 23.8. The average Bonchev–Trinajstić information content (AvgIpc) is 2.88. The van der Waals surface area contributed by atoms with E-state index in [1.165, 1.54) is 11.1 Å². The van der Waals surface area contributed by atoms with Crippen molar-refractivity contribution in [2.75, 3.05) is 0 Å². The van der Waals surface area contributed by atoms with Gasteiger partial charge in [0.05, 0.1) is 0 Å². The molecular weight excluding hydrogens is 476 g/mol. The minimum atomic E-state index is 0.634. The van der Waals surface area contributed by atoms with Gasteiger partial charge >= 0.3 is 142 Å². The van der Waals surface area contributed by atoms with Gasteiger partial charge in [0.1, 0.15) is 0 Å². The van der Waals surface area contributed by atoms with Crippen LogP contribution < -0.4 is 0 Å². The van der Waals surface area contributed by atoms with Crippen molar-refractivity contribution in [3.63, 3.8) is 0 Å². The third-order valence-electron chi connectivity index (χ3n) is 2.72. The molecule has 0 amide bonds. The van der Waals surface area contributed by atoms with Crippen LogP contribution in [0.1, 0.15) is 18.6 Å². The topological polar surface area (TPSA) is 0 Å². The molecule has 1 saturated heterocycles. The van der Waals surface area contributed by atoms with E-state index in [1.54, 1.807) is 0 Å². The summed E-state index contributed by atoms with van der Waals surface area (Å²) >= 11 is 14.3. The van der Waals surface area contributed by atoms with Gasteiger partial charge in [-0.3, -0.25) is 0 Å². The first-order valence-corrected chi connectivity index (χ1v) is 14.8. The normalized spacial score (nSPS) is 22.6. The molecule has 1 aliphatic heterocycles.